The lowest BCUT2D eigenvalue weighted by Gasteiger charge is -2.29. The Bertz CT molecular complexity index is 670. The summed E-state index contributed by atoms with van der Waals surface area (Å²) in [5.74, 6) is 1.39. The van der Waals surface area contributed by atoms with Crippen LogP contribution < -0.4 is 9.97 Å². The minimum absolute atomic E-state index is 0.191. The molecular formula is C18H22BNO5. The van der Waals surface area contributed by atoms with Crippen LogP contribution in [0, 0.1) is 12.3 Å². The second-order valence-corrected chi connectivity index (χ2v) is 5.87. The molecule has 0 spiro atoms. The van der Waals surface area contributed by atoms with Crippen molar-refractivity contribution in [2.75, 3.05) is 6.61 Å². The van der Waals surface area contributed by atoms with Gasteiger partial charge in [0.2, 0.25) is 5.91 Å². The van der Waals surface area contributed by atoms with Gasteiger partial charge in [0.05, 0.1) is 12.5 Å². The van der Waals surface area contributed by atoms with Crippen molar-refractivity contribution >= 4 is 19.0 Å². The second kappa shape index (κ2) is 9.14. The summed E-state index contributed by atoms with van der Waals surface area (Å²) in [6.45, 7) is 2.35. The van der Waals surface area contributed by atoms with Crippen molar-refractivity contribution in [3.8, 4) is 18.1 Å². The first kappa shape index (κ1) is 18.9. The van der Waals surface area contributed by atoms with Gasteiger partial charge in [0.1, 0.15) is 11.3 Å². The van der Waals surface area contributed by atoms with Crippen LogP contribution >= 0.6 is 0 Å². The van der Waals surface area contributed by atoms with Crippen LogP contribution in [0.4, 0.5) is 0 Å². The number of carbonyl (C=O) groups is 2. The van der Waals surface area contributed by atoms with Crippen molar-refractivity contribution in [1.82, 2.24) is 5.32 Å². The molecule has 1 unspecified atom stereocenters. The molecule has 0 aromatic heterocycles. The lowest BCUT2D eigenvalue weighted by Crippen LogP contribution is -2.53. The number of terminal acetylenes is 1. The lowest BCUT2D eigenvalue weighted by atomic mass is 9.72. The van der Waals surface area contributed by atoms with Crippen LogP contribution in [0.25, 0.3) is 0 Å². The summed E-state index contributed by atoms with van der Waals surface area (Å²) in [4.78, 5) is 24.0. The van der Waals surface area contributed by atoms with Gasteiger partial charge in [-0.25, -0.2) is 4.79 Å². The molecule has 7 heteroatoms. The molecule has 0 saturated heterocycles. The smallest absolute Gasteiger partial charge is 0.534 e. The van der Waals surface area contributed by atoms with E-state index >= 15 is 0 Å². The Morgan fingerprint density at radius 1 is 1.52 bits per heavy atom. The van der Waals surface area contributed by atoms with Gasteiger partial charge in [0.15, 0.2) is 0 Å². The topological polar surface area (TPSA) is 84.9 Å². The van der Waals surface area contributed by atoms with Crippen LogP contribution in [0.15, 0.2) is 18.2 Å². The third-order valence-electron chi connectivity index (χ3n) is 3.91. The molecule has 1 aliphatic rings. The van der Waals surface area contributed by atoms with Crippen molar-refractivity contribution < 1.29 is 24.0 Å². The van der Waals surface area contributed by atoms with Crippen LogP contribution in [0.5, 0.6) is 5.75 Å². The maximum atomic E-state index is 12.2. The van der Waals surface area contributed by atoms with E-state index in [9.17, 15) is 14.6 Å². The number of rotatable bonds is 7. The van der Waals surface area contributed by atoms with Gasteiger partial charge in [0, 0.05) is 12.8 Å². The van der Waals surface area contributed by atoms with Gasteiger partial charge in [-0.15, -0.1) is 12.3 Å². The number of ether oxygens (including phenoxy) is 1. The molecule has 0 saturated carbocycles. The average Bonchev–Trinajstić information content (AvgIpc) is 2.60. The van der Waals surface area contributed by atoms with Crippen molar-refractivity contribution in [2.24, 2.45) is 0 Å². The van der Waals surface area contributed by atoms with Gasteiger partial charge < -0.3 is 19.7 Å². The highest BCUT2D eigenvalue weighted by atomic mass is 16.5. The molecule has 0 aliphatic carbocycles. The minimum Gasteiger partial charge on any atom is -0.534 e. The number of nitrogens with one attached hydrogen (secondary N) is 1. The fourth-order valence-corrected chi connectivity index (χ4v) is 2.56. The van der Waals surface area contributed by atoms with E-state index in [0.717, 1.165) is 18.4 Å². The molecule has 25 heavy (non-hydrogen) atoms. The number of hydrogen-bond donors (Lipinski definition) is 2. The first-order valence-electron chi connectivity index (χ1n) is 8.43. The summed E-state index contributed by atoms with van der Waals surface area (Å²) in [5, 5.41) is 12.9. The van der Waals surface area contributed by atoms with E-state index in [2.05, 4.69) is 11.2 Å². The molecule has 2 N–H and O–H groups in total. The van der Waals surface area contributed by atoms with Crippen molar-refractivity contribution in [3.05, 3.63) is 29.3 Å². The lowest BCUT2D eigenvalue weighted by molar-refractivity contribution is -0.121. The summed E-state index contributed by atoms with van der Waals surface area (Å²) in [5.41, 5.74) is 1.02. The van der Waals surface area contributed by atoms with Crippen LogP contribution in [-0.2, 0) is 16.0 Å². The molecule has 132 valence electrons. The van der Waals surface area contributed by atoms with Gasteiger partial charge in [-0.2, -0.15) is 0 Å². The van der Waals surface area contributed by atoms with E-state index in [1.807, 2.05) is 6.92 Å². The number of esters is 1. The molecule has 1 atom stereocenters. The van der Waals surface area contributed by atoms with Crippen LogP contribution in [0.2, 0.25) is 0 Å². The Kier molecular flexibility index (Phi) is 6.90. The molecule has 2 rings (SSSR count). The zero-order valence-electron chi connectivity index (χ0n) is 14.3. The van der Waals surface area contributed by atoms with Crippen molar-refractivity contribution in [1.29, 1.82) is 0 Å². The summed E-state index contributed by atoms with van der Waals surface area (Å²) >= 11 is 0. The number of unbranched alkanes of at least 4 members (excludes halogenated alkanes) is 1. The fraction of sp³-hybridized carbons (Fsp3) is 0.444. The molecule has 1 aromatic rings. The molecule has 6 nitrogen and oxygen atoms in total. The van der Waals surface area contributed by atoms with Gasteiger partial charge in [0.25, 0.3) is 0 Å². The Balaban J connectivity index is 2.08. The van der Waals surface area contributed by atoms with Crippen molar-refractivity contribution in [2.45, 2.75) is 45.0 Å². The normalized spacial score (nSPS) is 15.6. The van der Waals surface area contributed by atoms with Gasteiger partial charge in [-0.1, -0.05) is 25.5 Å². The molecule has 1 aliphatic heterocycles. The highest BCUT2D eigenvalue weighted by Gasteiger charge is 2.37. The second-order valence-electron chi connectivity index (χ2n) is 5.87. The van der Waals surface area contributed by atoms with E-state index in [1.54, 1.807) is 18.2 Å². The number of amides is 1. The van der Waals surface area contributed by atoms with E-state index in [-0.39, 0.29) is 17.9 Å². The van der Waals surface area contributed by atoms with Crippen molar-refractivity contribution in [3.63, 3.8) is 0 Å². The number of para-hydroxylation sites is 1. The number of hydrogen-bond acceptors (Lipinski definition) is 5. The maximum Gasteiger partial charge on any atom is 0.547 e. The maximum absolute atomic E-state index is 12.2. The van der Waals surface area contributed by atoms with Gasteiger partial charge in [-0.3, -0.25) is 4.79 Å². The third kappa shape index (κ3) is 5.01. The molecule has 0 radical (unpaired) electrons. The largest absolute Gasteiger partial charge is 0.547 e. The predicted octanol–water partition coefficient (Wildman–Crippen LogP) is 1.50. The first-order chi connectivity index (χ1) is 12.1. The quantitative estimate of drug-likeness (QED) is 0.339. The summed E-state index contributed by atoms with van der Waals surface area (Å²) in [6, 6.07) is 5.13. The molecular weight excluding hydrogens is 321 g/mol. The SMILES string of the molecule is C#CCCC(=O)NC1Cc2cccc(C(=O)OCCCC)c2OB1O. The molecule has 0 fully saturated rings. The van der Waals surface area contributed by atoms with E-state index in [0.29, 0.717) is 25.2 Å². The molecule has 0 bridgehead atoms. The number of benzene rings is 1. The number of fused-ring (bicyclic) bond motifs is 1. The Morgan fingerprint density at radius 2 is 2.32 bits per heavy atom. The monoisotopic (exact) mass is 343 g/mol. The standard InChI is InChI=1S/C18H22BNO5/c1-3-5-10-16(21)20-15-12-13-8-7-9-14(17(13)25-19(15)23)18(22)24-11-6-4-2/h1,7-9,15,23H,4-6,10-12H2,2H3,(H,20,21). The van der Waals surface area contributed by atoms with Crippen LogP contribution in [0.1, 0.15) is 48.5 Å². The van der Waals surface area contributed by atoms with Crippen LogP contribution in [0.3, 0.4) is 0 Å². The van der Waals surface area contributed by atoms with E-state index < -0.39 is 19.0 Å². The summed E-state index contributed by atoms with van der Waals surface area (Å²) < 4.78 is 10.7. The molecule has 1 heterocycles. The van der Waals surface area contributed by atoms with E-state index in [4.69, 9.17) is 15.8 Å². The Morgan fingerprint density at radius 3 is 3.04 bits per heavy atom. The zero-order valence-corrected chi connectivity index (χ0v) is 14.3. The average molecular weight is 343 g/mol. The minimum atomic E-state index is -1.24. The molecule has 1 aromatic carbocycles. The fourth-order valence-electron chi connectivity index (χ4n) is 2.56. The van der Waals surface area contributed by atoms with Crippen LogP contribution in [-0.4, -0.2) is 36.6 Å². The van der Waals surface area contributed by atoms with Gasteiger partial charge >= 0.3 is 13.1 Å². The Labute approximate surface area is 148 Å². The van der Waals surface area contributed by atoms with E-state index in [1.165, 1.54) is 0 Å². The molecule has 1 amide bonds. The first-order valence-corrected chi connectivity index (χ1v) is 8.43. The Hall–Kier alpha value is -2.46. The predicted molar refractivity (Wildman–Crippen MR) is 93.9 cm³/mol. The van der Waals surface area contributed by atoms with Gasteiger partial charge in [-0.05, 0) is 24.5 Å². The third-order valence-corrected chi connectivity index (χ3v) is 3.91. The summed E-state index contributed by atoms with van der Waals surface area (Å²) in [6.07, 6.45) is 7.74. The number of carbonyl (C=O) groups excluding carboxylic acids is 2. The highest BCUT2D eigenvalue weighted by molar-refractivity contribution is 6.47. The summed E-state index contributed by atoms with van der Waals surface area (Å²) in [7, 11) is -1.24. The highest BCUT2D eigenvalue weighted by Crippen LogP contribution is 2.30. The zero-order chi connectivity index (χ0) is 18.2.